The van der Waals surface area contributed by atoms with Gasteiger partial charge in [-0.25, -0.2) is 8.78 Å². The summed E-state index contributed by atoms with van der Waals surface area (Å²) in [6.07, 6.45) is -1.19. The van der Waals surface area contributed by atoms with E-state index in [4.69, 9.17) is 4.55 Å². The third-order valence-corrected chi connectivity index (χ3v) is 3.40. The molecule has 1 rings (SSSR count). The summed E-state index contributed by atoms with van der Waals surface area (Å²) in [5, 5.41) is -0.989. The maximum Gasteiger partial charge on any atom is 1.00 e. The van der Waals surface area contributed by atoms with Crippen molar-refractivity contribution < 1.29 is 83.7 Å². The average molecular weight is 248 g/mol. The Morgan fingerprint density at radius 3 is 1.86 bits per heavy atom. The molecule has 1 aliphatic rings. The molecular weight excluding hydrogens is 236 g/mol. The van der Waals surface area contributed by atoms with Crippen molar-refractivity contribution in [1.29, 1.82) is 0 Å². The Labute approximate surface area is 129 Å². The molecule has 0 spiro atoms. The Kier molecular flexibility index (Phi) is 8.41. The van der Waals surface area contributed by atoms with Crippen LogP contribution in [0.5, 0.6) is 0 Å². The Morgan fingerprint density at radius 2 is 1.57 bits per heavy atom. The fourth-order valence-corrected chi connectivity index (χ4v) is 2.14. The van der Waals surface area contributed by atoms with Crippen LogP contribution in [-0.4, -0.2) is 24.1 Å². The monoisotopic (exact) mass is 248 g/mol. The first-order valence-corrected chi connectivity index (χ1v) is 5.16. The van der Waals surface area contributed by atoms with Crippen LogP contribution < -0.4 is 59.1 Å². The van der Waals surface area contributed by atoms with E-state index in [0.717, 1.165) is 0 Å². The quantitative estimate of drug-likeness (QED) is 0.377. The molecule has 8 heteroatoms. The Balaban J connectivity index is -0.000000180. The van der Waals surface area contributed by atoms with Gasteiger partial charge in [-0.3, -0.25) is 4.55 Å². The molecule has 1 aliphatic carbocycles. The first-order chi connectivity index (χ1) is 5.31. The summed E-state index contributed by atoms with van der Waals surface area (Å²) in [6.45, 7) is 0. The van der Waals surface area contributed by atoms with Crippen molar-refractivity contribution in [3.63, 3.8) is 0 Å². The van der Waals surface area contributed by atoms with Gasteiger partial charge in [0.15, 0.2) is 0 Å². The topological polar surface area (TPSA) is 54.4 Å². The molecule has 0 aromatic carbocycles. The molecule has 1 N–H and O–H groups in total. The van der Waals surface area contributed by atoms with Crippen molar-refractivity contribution in [1.82, 2.24) is 0 Å². The summed E-state index contributed by atoms with van der Waals surface area (Å²) in [5.41, 5.74) is 0. The molecule has 0 saturated heterocycles. The summed E-state index contributed by atoms with van der Waals surface area (Å²) in [4.78, 5) is 0. The predicted octanol–water partition coefficient (Wildman–Crippen LogP) is -4.31. The molecule has 1 saturated carbocycles. The van der Waals surface area contributed by atoms with Crippen molar-refractivity contribution >= 4 is 10.1 Å². The maximum absolute atomic E-state index is 12.5. The van der Waals surface area contributed by atoms with Crippen LogP contribution in [0.25, 0.3) is 0 Å². The minimum absolute atomic E-state index is 0. The summed E-state index contributed by atoms with van der Waals surface area (Å²) in [6, 6.07) is 0. The minimum atomic E-state index is -4.11. The summed E-state index contributed by atoms with van der Waals surface area (Å²) >= 11 is 0. The van der Waals surface area contributed by atoms with Gasteiger partial charge in [0.05, 0.1) is 5.25 Å². The molecule has 0 heterocycles. The zero-order valence-corrected chi connectivity index (χ0v) is 13.2. The molecule has 0 aromatic rings. The zero-order chi connectivity index (χ0) is 9.41. The fourth-order valence-electron chi connectivity index (χ4n) is 1.31. The van der Waals surface area contributed by atoms with Crippen LogP contribution in [0.4, 0.5) is 8.78 Å². The van der Waals surface area contributed by atoms with Gasteiger partial charge in [-0.15, -0.1) is 0 Å². The van der Waals surface area contributed by atoms with E-state index in [0.29, 0.717) is 0 Å². The van der Waals surface area contributed by atoms with Crippen LogP contribution in [0.1, 0.15) is 28.5 Å². The number of alkyl halides is 2. The molecule has 0 bridgehead atoms. The van der Waals surface area contributed by atoms with Gasteiger partial charge in [0, 0.05) is 12.8 Å². The van der Waals surface area contributed by atoms with Crippen molar-refractivity contribution in [2.45, 2.75) is 36.9 Å². The van der Waals surface area contributed by atoms with Gasteiger partial charge in [-0.05, 0) is 12.8 Å². The average Bonchev–Trinajstić information content (AvgIpc) is 1.83. The molecule has 0 aromatic heterocycles. The van der Waals surface area contributed by atoms with Crippen molar-refractivity contribution in [2.24, 2.45) is 0 Å². The minimum Gasteiger partial charge on any atom is -1.00 e. The third kappa shape index (κ3) is 5.75. The number of rotatable bonds is 1. The van der Waals surface area contributed by atoms with Crippen LogP contribution >= 0.6 is 0 Å². The van der Waals surface area contributed by atoms with Gasteiger partial charge in [0.25, 0.3) is 10.1 Å². The molecule has 1 fully saturated rings. The van der Waals surface area contributed by atoms with Gasteiger partial charge in [0.1, 0.15) is 0 Å². The zero-order valence-electron chi connectivity index (χ0n) is 10.3. The Bertz CT molecular complexity index is 267. The van der Waals surface area contributed by atoms with E-state index in [1.807, 2.05) is 0 Å². The van der Waals surface area contributed by atoms with Gasteiger partial charge in [-0.2, -0.15) is 8.42 Å². The predicted molar refractivity (Wildman–Crippen MR) is 41.0 cm³/mol. The van der Waals surface area contributed by atoms with E-state index in [1.165, 1.54) is 0 Å². The first kappa shape index (κ1) is 18.1. The van der Waals surface area contributed by atoms with E-state index >= 15 is 0 Å². The molecule has 14 heavy (non-hydrogen) atoms. The first-order valence-electron chi connectivity index (χ1n) is 3.65. The number of hydrogen-bond donors (Lipinski definition) is 1. The Hall–Kier alpha value is 1.77. The van der Waals surface area contributed by atoms with Crippen molar-refractivity contribution in [2.75, 3.05) is 0 Å². The van der Waals surface area contributed by atoms with Gasteiger partial charge in [0.2, 0.25) is 5.92 Å². The second kappa shape index (κ2) is 6.49. The molecule has 0 aliphatic heterocycles. The van der Waals surface area contributed by atoms with E-state index in [2.05, 4.69) is 0 Å². The third-order valence-electron chi connectivity index (χ3n) is 2.09. The van der Waals surface area contributed by atoms with E-state index in [1.54, 1.807) is 0 Å². The SMILES string of the molecule is O=S(=O)(O)C1CCC(F)(F)CC1.[H-].[H-].[Na+].[Na+]. The number of hydrogen-bond acceptors (Lipinski definition) is 2. The van der Waals surface area contributed by atoms with E-state index in [9.17, 15) is 17.2 Å². The second-order valence-electron chi connectivity index (χ2n) is 3.07. The van der Waals surface area contributed by atoms with E-state index in [-0.39, 0.29) is 74.8 Å². The molecule has 76 valence electrons. The van der Waals surface area contributed by atoms with Gasteiger partial charge in [-0.1, -0.05) is 0 Å². The summed E-state index contributed by atoms with van der Waals surface area (Å²) < 4.78 is 54.5. The molecule has 0 amide bonds. The smallest absolute Gasteiger partial charge is 1.00 e. The molecular formula is C6H12F2Na2O3S. The maximum atomic E-state index is 12.5. The van der Waals surface area contributed by atoms with Crippen LogP contribution in [0.15, 0.2) is 0 Å². The summed E-state index contributed by atoms with van der Waals surface area (Å²) in [5.74, 6) is -2.75. The van der Waals surface area contributed by atoms with Crippen molar-refractivity contribution in [3.8, 4) is 0 Å². The largest absolute Gasteiger partial charge is 1.00 e. The van der Waals surface area contributed by atoms with Gasteiger partial charge < -0.3 is 2.85 Å². The van der Waals surface area contributed by atoms with Crippen LogP contribution in [0.2, 0.25) is 0 Å². The summed E-state index contributed by atoms with van der Waals surface area (Å²) in [7, 11) is -4.11. The molecule has 0 radical (unpaired) electrons. The van der Waals surface area contributed by atoms with Crippen LogP contribution in [0.3, 0.4) is 0 Å². The fraction of sp³-hybridized carbons (Fsp3) is 1.00. The number of halogens is 2. The standard InChI is InChI=1S/C6H10F2O3S.2Na.2H/c7-6(8)3-1-5(2-4-6)12(9,10)11;;;;/h5H,1-4H2,(H,9,10,11);;;;/q;2*+1;2*-1. The van der Waals surface area contributed by atoms with E-state index < -0.39 is 34.1 Å². The van der Waals surface area contributed by atoms with Crippen LogP contribution in [0, 0.1) is 0 Å². The van der Waals surface area contributed by atoms with Crippen molar-refractivity contribution in [3.05, 3.63) is 0 Å². The molecule has 0 atom stereocenters. The van der Waals surface area contributed by atoms with Gasteiger partial charge >= 0.3 is 59.1 Å². The van der Waals surface area contributed by atoms with Crippen LogP contribution in [-0.2, 0) is 10.1 Å². The second-order valence-corrected chi connectivity index (χ2v) is 4.77. The normalized spacial score (nSPS) is 21.9. The molecule has 3 nitrogen and oxygen atoms in total. The molecule has 0 unspecified atom stereocenters. The Morgan fingerprint density at radius 1 is 1.21 bits per heavy atom.